The van der Waals surface area contributed by atoms with Crippen molar-refractivity contribution >= 4 is 21.5 Å². The molecule has 12 heteroatoms. The lowest BCUT2D eigenvalue weighted by atomic mass is 10.1. The van der Waals surface area contributed by atoms with Gasteiger partial charge >= 0.3 is 0 Å². The van der Waals surface area contributed by atoms with Crippen molar-refractivity contribution in [3.8, 4) is 11.4 Å². The van der Waals surface area contributed by atoms with Crippen molar-refractivity contribution in [2.24, 2.45) is 0 Å². The highest BCUT2D eigenvalue weighted by molar-refractivity contribution is 7.90. The Hall–Kier alpha value is -2.70. The minimum absolute atomic E-state index is 0.0815. The number of sulfonamides is 1. The number of aliphatic hydroxyl groups is 1. The van der Waals surface area contributed by atoms with Gasteiger partial charge in [0.15, 0.2) is 0 Å². The van der Waals surface area contributed by atoms with Crippen LogP contribution in [0.15, 0.2) is 36.7 Å². The predicted octanol–water partition coefficient (Wildman–Crippen LogP) is 2.25. The topological polar surface area (TPSA) is 127 Å². The lowest BCUT2D eigenvalue weighted by Gasteiger charge is -2.29. The molecule has 0 aromatic carbocycles. The lowest BCUT2D eigenvalue weighted by molar-refractivity contribution is 0.108. The Bertz CT molecular complexity index is 1200. The van der Waals surface area contributed by atoms with Crippen LogP contribution in [0, 0.1) is 0 Å². The molecule has 1 atom stereocenters. The van der Waals surface area contributed by atoms with E-state index in [1.807, 2.05) is 0 Å². The van der Waals surface area contributed by atoms with E-state index in [0.29, 0.717) is 30.0 Å². The van der Waals surface area contributed by atoms with Crippen molar-refractivity contribution in [2.45, 2.75) is 43.5 Å². The Morgan fingerprint density at radius 2 is 1.94 bits per heavy atom. The number of β-amino-alcohol motifs (C(OH)–C–C–N with tert-alkyl or cyclic N) is 1. The normalized spacial score (nSPS) is 19.7. The van der Waals surface area contributed by atoms with Crippen LogP contribution < -0.4 is 5.73 Å². The van der Waals surface area contributed by atoms with Gasteiger partial charge in [-0.2, -0.15) is 4.31 Å². The third-order valence-electron chi connectivity index (χ3n) is 5.38. The van der Waals surface area contributed by atoms with Crippen LogP contribution in [0.4, 0.5) is 14.7 Å². The van der Waals surface area contributed by atoms with Gasteiger partial charge in [0.25, 0.3) is 6.43 Å². The van der Waals surface area contributed by atoms with Crippen LogP contribution in [-0.4, -0.2) is 61.9 Å². The van der Waals surface area contributed by atoms with Gasteiger partial charge in [-0.25, -0.2) is 26.7 Å². The fraction of sp³-hybridized carbons (Fsp3) is 0.450. The van der Waals surface area contributed by atoms with Crippen LogP contribution in [0.2, 0.25) is 0 Å². The van der Waals surface area contributed by atoms with Gasteiger partial charge in [-0.15, -0.1) is 5.10 Å². The molecule has 172 valence electrons. The molecule has 1 aliphatic heterocycles. The standard InChI is InChI=1S/C12H9F2N5.C8H15NO3S/c13-11(14)7-3-4-16-9(5-7)10-2-1-8-6-17-12(15)18-19(8)10;10-7-2-1-5-9(6-7)13(11,12)8-3-4-8/h1-6,11H,(H2,15,18);7-8,10H,1-6H2. The number of anilines is 1. The quantitative estimate of drug-likeness (QED) is 0.604. The maximum Gasteiger partial charge on any atom is 0.263 e. The van der Waals surface area contributed by atoms with Crippen LogP contribution >= 0.6 is 0 Å². The average Bonchev–Trinajstić information content (AvgIpc) is 3.55. The SMILES string of the molecule is Nc1ncc2ccc(-c3cc(C(F)F)ccn3)n2n1.O=S(=O)(C1CC1)N1CCCC(O)C1. The first-order chi connectivity index (χ1) is 15.3. The highest BCUT2D eigenvalue weighted by atomic mass is 32.2. The molecular formula is C20H24F2N6O3S. The minimum atomic E-state index is -3.05. The molecule has 32 heavy (non-hydrogen) atoms. The number of rotatable bonds is 4. The van der Waals surface area contributed by atoms with Crippen LogP contribution in [-0.2, 0) is 10.0 Å². The van der Waals surface area contributed by atoms with Crippen LogP contribution in [0.25, 0.3) is 16.9 Å². The number of nitrogen functional groups attached to an aromatic ring is 1. The number of pyridine rings is 1. The molecular weight excluding hydrogens is 442 g/mol. The van der Waals surface area contributed by atoms with Gasteiger partial charge in [-0.1, -0.05) is 0 Å². The summed E-state index contributed by atoms with van der Waals surface area (Å²) >= 11 is 0. The molecule has 2 aliphatic rings. The third-order valence-corrected chi connectivity index (χ3v) is 7.74. The number of hydrogen-bond donors (Lipinski definition) is 2. The Balaban J connectivity index is 0.000000165. The molecule has 1 saturated heterocycles. The molecule has 1 unspecified atom stereocenters. The molecule has 3 N–H and O–H groups in total. The van der Waals surface area contributed by atoms with E-state index in [0.717, 1.165) is 25.7 Å². The van der Waals surface area contributed by atoms with E-state index in [1.54, 1.807) is 18.3 Å². The number of fused-ring (bicyclic) bond motifs is 1. The number of aliphatic hydroxyl groups excluding tert-OH is 1. The molecule has 3 aromatic rings. The number of piperidine rings is 1. The summed E-state index contributed by atoms with van der Waals surface area (Å²) in [7, 11) is -3.05. The Morgan fingerprint density at radius 3 is 2.62 bits per heavy atom. The molecule has 0 bridgehead atoms. The molecule has 0 amide bonds. The first kappa shape index (κ1) is 22.5. The summed E-state index contributed by atoms with van der Waals surface area (Å²) in [5, 5.41) is 13.2. The summed E-state index contributed by atoms with van der Waals surface area (Å²) in [6.07, 6.45) is 3.03. The molecule has 3 aromatic heterocycles. The third kappa shape index (κ3) is 4.87. The minimum Gasteiger partial charge on any atom is -0.392 e. The second-order valence-electron chi connectivity index (χ2n) is 7.85. The lowest BCUT2D eigenvalue weighted by Crippen LogP contribution is -2.43. The number of halogens is 2. The number of aromatic nitrogens is 4. The highest BCUT2D eigenvalue weighted by Crippen LogP contribution is 2.32. The zero-order valence-corrected chi connectivity index (χ0v) is 18.0. The first-order valence-corrected chi connectivity index (χ1v) is 11.8. The molecule has 0 radical (unpaired) electrons. The first-order valence-electron chi connectivity index (χ1n) is 10.3. The molecule has 1 saturated carbocycles. The van der Waals surface area contributed by atoms with Crippen LogP contribution in [0.1, 0.15) is 37.7 Å². The average molecular weight is 467 g/mol. The van der Waals surface area contributed by atoms with Crippen molar-refractivity contribution in [3.05, 3.63) is 42.2 Å². The summed E-state index contributed by atoms with van der Waals surface area (Å²) in [6, 6.07) is 6.13. The Morgan fingerprint density at radius 1 is 1.16 bits per heavy atom. The maximum atomic E-state index is 12.7. The number of nitrogens with zero attached hydrogens (tertiary/aromatic N) is 5. The second-order valence-corrected chi connectivity index (χ2v) is 10.1. The monoisotopic (exact) mass is 466 g/mol. The summed E-state index contributed by atoms with van der Waals surface area (Å²) in [4.78, 5) is 7.95. The van der Waals surface area contributed by atoms with E-state index in [1.165, 1.54) is 27.2 Å². The maximum absolute atomic E-state index is 12.7. The molecule has 9 nitrogen and oxygen atoms in total. The van der Waals surface area contributed by atoms with Gasteiger partial charge in [0.1, 0.15) is 0 Å². The zero-order valence-electron chi connectivity index (χ0n) is 17.2. The van der Waals surface area contributed by atoms with E-state index in [-0.39, 0.29) is 16.8 Å². The number of alkyl halides is 2. The van der Waals surface area contributed by atoms with Crippen LogP contribution in [0.5, 0.6) is 0 Å². The van der Waals surface area contributed by atoms with Crippen molar-refractivity contribution in [3.63, 3.8) is 0 Å². The fourth-order valence-electron chi connectivity index (χ4n) is 3.56. The largest absolute Gasteiger partial charge is 0.392 e. The van der Waals surface area contributed by atoms with E-state index in [4.69, 9.17) is 5.73 Å². The van der Waals surface area contributed by atoms with Crippen LogP contribution in [0.3, 0.4) is 0 Å². The highest BCUT2D eigenvalue weighted by Gasteiger charge is 2.41. The fourth-order valence-corrected chi connectivity index (χ4v) is 5.48. The van der Waals surface area contributed by atoms with E-state index >= 15 is 0 Å². The summed E-state index contributed by atoms with van der Waals surface area (Å²) in [5.74, 6) is 0.106. The van der Waals surface area contributed by atoms with E-state index < -0.39 is 22.6 Å². The van der Waals surface area contributed by atoms with E-state index in [9.17, 15) is 22.3 Å². The second kappa shape index (κ2) is 9.04. The van der Waals surface area contributed by atoms with Crippen molar-refractivity contribution in [1.82, 2.24) is 23.9 Å². The van der Waals surface area contributed by atoms with Crippen molar-refractivity contribution in [1.29, 1.82) is 0 Å². The molecule has 4 heterocycles. The summed E-state index contributed by atoms with van der Waals surface area (Å²) in [6.45, 7) is 0.898. The molecule has 0 spiro atoms. The van der Waals surface area contributed by atoms with Gasteiger partial charge in [0.2, 0.25) is 16.0 Å². The Labute approximate surface area is 183 Å². The zero-order chi connectivity index (χ0) is 22.9. The van der Waals surface area contributed by atoms with Gasteiger partial charge in [0, 0.05) is 24.8 Å². The van der Waals surface area contributed by atoms with Gasteiger partial charge in [-0.05, 0) is 49.9 Å². The summed E-state index contributed by atoms with van der Waals surface area (Å²) in [5.41, 5.74) is 7.16. The number of hydrogen-bond acceptors (Lipinski definition) is 7. The molecule has 5 rings (SSSR count). The van der Waals surface area contributed by atoms with Crippen molar-refractivity contribution < 1.29 is 22.3 Å². The van der Waals surface area contributed by atoms with E-state index in [2.05, 4.69) is 15.1 Å². The summed E-state index contributed by atoms with van der Waals surface area (Å²) < 4.78 is 51.8. The van der Waals surface area contributed by atoms with Gasteiger partial charge in [-0.3, -0.25) is 4.98 Å². The smallest absolute Gasteiger partial charge is 0.263 e. The van der Waals surface area contributed by atoms with Gasteiger partial charge < -0.3 is 10.8 Å². The van der Waals surface area contributed by atoms with Gasteiger partial charge in [0.05, 0.1) is 34.5 Å². The Kier molecular flexibility index (Phi) is 6.35. The predicted molar refractivity (Wildman–Crippen MR) is 114 cm³/mol. The van der Waals surface area contributed by atoms with Crippen molar-refractivity contribution in [2.75, 3.05) is 18.8 Å². The molecule has 2 fully saturated rings. The number of nitrogens with two attached hydrogens (primary N) is 1. The molecule has 1 aliphatic carbocycles.